The van der Waals surface area contributed by atoms with E-state index in [1.54, 1.807) is 37.4 Å². The average Bonchev–Trinajstić information content (AvgIpc) is 3.32. The molecule has 1 saturated heterocycles. The van der Waals surface area contributed by atoms with E-state index in [2.05, 4.69) is 37.1 Å². The number of carbonyl (C=O) groups excluding carboxylic acids is 1. The molecule has 4 N–H and O–H groups in total. The van der Waals surface area contributed by atoms with Crippen molar-refractivity contribution < 1.29 is 23.8 Å². The third-order valence-electron chi connectivity index (χ3n) is 5.43. The van der Waals surface area contributed by atoms with Crippen molar-refractivity contribution in [1.29, 1.82) is 0 Å². The van der Waals surface area contributed by atoms with Crippen molar-refractivity contribution in [1.82, 2.24) is 25.3 Å². The van der Waals surface area contributed by atoms with Gasteiger partial charge >= 0.3 is 0 Å². The Morgan fingerprint density at radius 3 is 2.71 bits per heavy atom. The molecule has 0 spiro atoms. The number of nitrogens with one attached hydrogen (secondary N) is 3. The van der Waals surface area contributed by atoms with Gasteiger partial charge in [0.15, 0.2) is 5.82 Å². The van der Waals surface area contributed by atoms with Gasteiger partial charge in [0.25, 0.3) is 0 Å². The van der Waals surface area contributed by atoms with Crippen LogP contribution in [-0.2, 0) is 14.3 Å². The molecule has 1 aliphatic heterocycles. The van der Waals surface area contributed by atoms with Crippen molar-refractivity contribution in [3.8, 4) is 22.6 Å². The summed E-state index contributed by atoms with van der Waals surface area (Å²) in [5, 5.41) is 14.6. The lowest BCUT2D eigenvalue weighted by Crippen LogP contribution is -2.49. The lowest BCUT2D eigenvalue weighted by molar-refractivity contribution is -0.231. The Kier molecular flexibility index (Phi) is 7.49. The van der Waals surface area contributed by atoms with E-state index >= 15 is 0 Å². The number of imidazole rings is 1. The molecule has 1 fully saturated rings. The van der Waals surface area contributed by atoms with Gasteiger partial charge in [-0.05, 0) is 37.3 Å². The van der Waals surface area contributed by atoms with Crippen LogP contribution in [0.2, 0.25) is 0 Å². The highest BCUT2D eigenvalue weighted by Crippen LogP contribution is 2.35. The molecule has 0 atom stereocenters. The molecule has 184 valence electrons. The first-order valence-electron chi connectivity index (χ1n) is 11.1. The predicted octanol–water partition coefficient (Wildman–Crippen LogP) is 2.43. The normalized spacial score (nSPS) is 19.8. The molecule has 0 unspecified atom stereocenters. The number of aromatic amines is 1. The lowest BCUT2D eigenvalue weighted by Gasteiger charge is -2.35. The molecule has 0 saturated carbocycles. The van der Waals surface area contributed by atoms with E-state index in [1.165, 1.54) is 12.1 Å². The molecule has 35 heavy (non-hydrogen) atoms. The maximum Gasteiger partial charge on any atom is 0.230 e. The number of anilines is 1. The van der Waals surface area contributed by atoms with Crippen LogP contribution in [0, 0.1) is 11.2 Å². The summed E-state index contributed by atoms with van der Waals surface area (Å²) in [6, 6.07) is 7.70. The fourth-order valence-electron chi connectivity index (χ4n) is 3.53. The molecule has 0 bridgehead atoms. The fraction of sp³-hybridized carbons (Fsp3) is 0.333. The number of rotatable bonds is 9. The van der Waals surface area contributed by atoms with Crippen molar-refractivity contribution in [2.75, 3.05) is 38.2 Å². The smallest absolute Gasteiger partial charge is 0.230 e. The summed E-state index contributed by atoms with van der Waals surface area (Å²) in [7, 11) is 0. The van der Waals surface area contributed by atoms with E-state index < -0.39 is 11.7 Å². The largest absolute Gasteiger partial charge is 0.395 e. The number of aromatic nitrogens is 4. The van der Waals surface area contributed by atoms with Crippen molar-refractivity contribution in [2.45, 2.75) is 13.2 Å². The summed E-state index contributed by atoms with van der Waals surface area (Å²) >= 11 is 0. The highest BCUT2D eigenvalue weighted by molar-refractivity contribution is 5.82. The standard InChI is InChI=1S/C24H27FN6O4/c1-3-9-27-23-28-10-8-17(29-23)19-18(15-4-6-16(25)7-5-15)30-20(31-19)21-34-13-24(2,14-35-21)22(33)26-11-12-32/h3-8,10,21,32H,1,9,11-14H2,2H3,(H,26,33)(H,30,31)(H,27,28,29). The molecule has 2 aromatic heterocycles. The van der Waals surface area contributed by atoms with Crippen LogP contribution in [0.4, 0.5) is 10.3 Å². The molecular weight excluding hydrogens is 455 g/mol. The number of benzene rings is 1. The second-order valence-electron chi connectivity index (χ2n) is 8.28. The maximum absolute atomic E-state index is 13.6. The number of H-pyrrole nitrogens is 1. The Labute approximate surface area is 201 Å². The Morgan fingerprint density at radius 2 is 2.03 bits per heavy atom. The van der Waals surface area contributed by atoms with Crippen molar-refractivity contribution in [3.05, 3.63) is 60.8 Å². The van der Waals surface area contributed by atoms with Crippen molar-refractivity contribution >= 4 is 11.9 Å². The molecule has 4 rings (SSSR count). The maximum atomic E-state index is 13.6. The summed E-state index contributed by atoms with van der Waals surface area (Å²) in [6.45, 7) is 6.10. The SMILES string of the molecule is C=CCNc1nccc(-c2[nH]c(C3OCC(C)(C(=O)NCCO)CO3)nc2-c2ccc(F)cc2)n1. The van der Waals surface area contributed by atoms with Crippen LogP contribution in [0.5, 0.6) is 0 Å². The molecule has 0 aliphatic carbocycles. The van der Waals surface area contributed by atoms with Gasteiger partial charge in [-0.2, -0.15) is 0 Å². The first kappa shape index (κ1) is 24.5. The van der Waals surface area contributed by atoms with E-state index in [4.69, 9.17) is 14.6 Å². The molecule has 3 aromatic rings. The van der Waals surface area contributed by atoms with E-state index in [0.717, 1.165) is 0 Å². The molecule has 3 heterocycles. The van der Waals surface area contributed by atoms with Gasteiger partial charge < -0.3 is 30.2 Å². The zero-order valence-corrected chi connectivity index (χ0v) is 19.3. The van der Waals surface area contributed by atoms with Crippen LogP contribution >= 0.6 is 0 Å². The molecule has 0 radical (unpaired) electrons. The minimum absolute atomic E-state index is 0.0972. The number of aliphatic hydroxyl groups excluding tert-OH is 1. The highest BCUT2D eigenvalue weighted by atomic mass is 19.1. The van der Waals surface area contributed by atoms with Crippen LogP contribution in [0.1, 0.15) is 19.0 Å². The minimum Gasteiger partial charge on any atom is -0.395 e. The van der Waals surface area contributed by atoms with Crippen LogP contribution < -0.4 is 10.6 Å². The zero-order chi connectivity index (χ0) is 24.8. The van der Waals surface area contributed by atoms with Gasteiger partial charge in [-0.3, -0.25) is 4.79 Å². The number of hydrogen-bond acceptors (Lipinski definition) is 8. The van der Waals surface area contributed by atoms with E-state index in [1.807, 2.05) is 0 Å². The molecule has 1 aliphatic rings. The Balaban J connectivity index is 1.63. The van der Waals surface area contributed by atoms with Gasteiger partial charge in [0.05, 0.1) is 42.3 Å². The Hall–Kier alpha value is -3.67. The predicted molar refractivity (Wildman–Crippen MR) is 127 cm³/mol. The number of hydrogen-bond donors (Lipinski definition) is 4. The number of ether oxygens (including phenoxy) is 2. The molecule has 1 amide bonds. The highest BCUT2D eigenvalue weighted by Gasteiger charge is 2.40. The lowest BCUT2D eigenvalue weighted by atomic mass is 9.91. The molecular formula is C24H27FN6O4. The summed E-state index contributed by atoms with van der Waals surface area (Å²) in [5.74, 6) is 0.175. The van der Waals surface area contributed by atoms with Gasteiger partial charge in [-0.15, -0.1) is 6.58 Å². The number of aliphatic hydroxyl groups is 1. The van der Waals surface area contributed by atoms with Gasteiger partial charge in [-0.1, -0.05) is 6.08 Å². The second kappa shape index (κ2) is 10.7. The van der Waals surface area contributed by atoms with Gasteiger partial charge in [-0.25, -0.2) is 19.3 Å². The summed E-state index contributed by atoms with van der Waals surface area (Å²) in [5.41, 5.74) is 1.45. The van der Waals surface area contributed by atoms with Gasteiger partial charge in [0.1, 0.15) is 5.82 Å². The van der Waals surface area contributed by atoms with Gasteiger partial charge in [0, 0.05) is 24.8 Å². The van der Waals surface area contributed by atoms with Crippen LogP contribution in [0.25, 0.3) is 22.6 Å². The number of halogens is 1. The van der Waals surface area contributed by atoms with Crippen LogP contribution in [0.3, 0.4) is 0 Å². The number of carbonyl (C=O) groups is 1. The third kappa shape index (κ3) is 5.53. The summed E-state index contributed by atoms with van der Waals surface area (Å²) in [4.78, 5) is 29.1. The monoisotopic (exact) mass is 482 g/mol. The molecule has 1 aromatic carbocycles. The van der Waals surface area contributed by atoms with E-state index in [0.29, 0.717) is 41.0 Å². The first-order valence-corrected chi connectivity index (χ1v) is 11.1. The number of nitrogens with zero attached hydrogens (tertiary/aromatic N) is 3. The zero-order valence-electron chi connectivity index (χ0n) is 19.3. The van der Waals surface area contributed by atoms with Crippen molar-refractivity contribution in [3.63, 3.8) is 0 Å². The van der Waals surface area contributed by atoms with Crippen LogP contribution in [0.15, 0.2) is 49.2 Å². The van der Waals surface area contributed by atoms with Crippen molar-refractivity contribution in [2.24, 2.45) is 5.41 Å². The third-order valence-corrected chi connectivity index (χ3v) is 5.43. The summed E-state index contributed by atoms with van der Waals surface area (Å²) in [6.07, 6.45) is 2.47. The van der Waals surface area contributed by atoms with E-state index in [9.17, 15) is 9.18 Å². The fourth-order valence-corrected chi connectivity index (χ4v) is 3.53. The average molecular weight is 483 g/mol. The first-order chi connectivity index (χ1) is 16.9. The quantitative estimate of drug-likeness (QED) is 0.342. The minimum atomic E-state index is -0.904. The molecule has 11 heteroatoms. The van der Waals surface area contributed by atoms with Crippen LogP contribution in [-0.4, -0.2) is 63.9 Å². The Morgan fingerprint density at radius 1 is 1.29 bits per heavy atom. The number of amides is 1. The topological polar surface area (TPSA) is 134 Å². The second-order valence-corrected chi connectivity index (χ2v) is 8.28. The van der Waals surface area contributed by atoms with E-state index in [-0.39, 0.29) is 38.1 Å². The summed E-state index contributed by atoms with van der Waals surface area (Å²) < 4.78 is 25.3. The molecule has 10 nitrogen and oxygen atoms in total. The van der Waals surface area contributed by atoms with Gasteiger partial charge in [0.2, 0.25) is 18.1 Å². The Bertz CT molecular complexity index is 1180.